The van der Waals surface area contributed by atoms with Gasteiger partial charge in [-0.2, -0.15) is 9.50 Å². The first-order valence-electron chi connectivity index (χ1n) is 10.3. The maximum Gasteiger partial charge on any atom is 0.291 e. The molecule has 1 amide bonds. The van der Waals surface area contributed by atoms with Gasteiger partial charge in [0.1, 0.15) is 4.53 Å². The lowest BCUT2D eigenvalue weighted by Crippen LogP contribution is -2.32. The van der Waals surface area contributed by atoms with E-state index in [0.717, 1.165) is 26.9 Å². The van der Waals surface area contributed by atoms with Crippen LogP contribution >= 0.6 is 38.9 Å². The van der Waals surface area contributed by atoms with Gasteiger partial charge in [0.15, 0.2) is 5.82 Å². The Bertz CT molecular complexity index is 1700. The second kappa shape index (κ2) is 8.16. The SMILES string of the molecule is O=C1/C(=c2\sc3nc(-c4ccc(Cl)cc4)nn3c2=O)c2cc(Br)ccc2N1Cc1ccccc1. The largest absolute Gasteiger partial charge is 0.303 e. The lowest BCUT2D eigenvalue weighted by atomic mass is 10.1. The molecule has 166 valence electrons. The average molecular weight is 550 g/mol. The minimum atomic E-state index is -0.358. The van der Waals surface area contributed by atoms with Crippen LogP contribution in [0.3, 0.4) is 0 Å². The van der Waals surface area contributed by atoms with Crippen LogP contribution < -0.4 is 15.0 Å². The number of anilines is 1. The Balaban J connectivity index is 1.52. The molecule has 0 fully saturated rings. The summed E-state index contributed by atoms with van der Waals surface area (Å²) in [7, 11) is 0. The Morgan fingerprint density at radius 1 is 0.971 bits per heavy atom. The summed E-state index contributed by atoms with van der Waals surface area (Å²) in [6.45, 7) is 0.410. The molecule has 0 bridgehead atoms. The molecule has 34 heavy (non-hydrogen) atoms. The minimum absolute atomic E-state index is 0.212. The molecule has 0 atom stereocenters. The van der Waals surface area contributed by atoms with Gasteiger partial charge in [-0.15, -0.1) is 5.10 Å². The fourth-order valence-electron chi connectivity index (χ4n) is 4.05. The highest BCUT2D eigenvalue weighted by atomic mass is 79.9. The Kier molecular flexibility index (Phi) is 5.09. The maximum atomic E-state index is 13.6. The number of fused-ring (bicyclic) bond motifs is 2. The van der Waals surface area contributed by atoms with Crippen LogP contribution in [0.1, 0.15) is 11.1 Å². The van der Waals surface area contributed by atoms with Crippen LogP contribution in [0.25, 0.3) is 21.9 Å². The molecule has 6 rings (SSSR count). The quantitative estimate of drug-likeness (QED) is 0.327. The highest BCUT2D eigenvalue weighted by Crippen LogP contribution is 2.38. The molecular formula is C25H14BrClN4O2S. The number of aromatic nitrogens is 3. The molecule has 1 aliphatic heterocycles. The minimum Gasteiger partial charge on any atom is -0.303 e. The number of carbonyl (C=O) groups is 1. The van der Waals surface area contributed by atoms with Gasteiger partial charge < -0.3 is 4.90 Å². The second-order valence-corrected chi connectivity index (χ2v) is 10.1. The number of benzene rings is 3. The van der Waals surface area contributed by atoms with Crippen molar-refractivity contribution in [3.63, 3.8) is 0 Å². The van der Waals surface area contributed by atoms with E-state index < -0.39 is 0 Å². The van der Waals surface area contributed by atoms with Crippen LogP contribution in [0.5, 0.6) is 0 Å². The van der Waals surface area contributed by atoms with E-state index in [2.05, 4.69) is 26.0 Å². The van der Waals surface area contributed by atoms with Crippen molar-refractivity contribution >= 4 is 61.0 Å². The molecule has 3 aromatic carbocycles. The highest BCUT2D eigenvalue weighted by Gasteiger charge is 2.34. The third-order valence-corrected chi connectivity index (χ3v) is 7.42. The van der Waals surface area contributed by atoms with E-state index in [0.29, 0.717) is 32.5 Å². The molecule has 3 heterocycles. The van der Waals surface area contributed by atoms with Crippen molar-refractivity contribution in [2.45, 2.75) is 6.54 Å². The van der Waals surface area contributed by atoms with E-state index in [4.69, 9.17) is 11.6 Å². The Morgan fingerprint density at radius 3 is 2.47 bits per heavy atom. The molecule has 0 saturated carbocycles. The molecule has 1 aliphatic rings. The summed E-state index contributed by atoms with van der Waals surface area (Å²) in [5, 5.41) is 5.01. The standard InChI is InChI=1S/C25H14BrClN4O2S/c26-16-8-11-19-18(12-16)20(23(32)30(19)13-14-4-2-1-3-5-14)21-24(33)31-25(34-21)28-22(29-31)15-6-9-17(27)10-7-15/h1-12H,13H2/b21-20-. The van der Waals surface area contributed by atoms with Gasteiger partial charge in [-0.05, 0) is 48.0 Å². The summed E-state index contributed by atoms with van der Waals surface area (Å²) >= 11 is 10.6. The number of hydrogen-bond donors (Lipinski definition) is 0. The molecule has 9 heteroatoms. The fraction of sp³-hybridized carbons (Fsp3) is 0.0400. The summed E-state index contributed by atoms with van der Waals surface area (Å²) in [4.78, 5) is 33.7. The molecular weight excluding hydrogens is 536 g/mol. The highest BCUT2D eigenvalue weighted by molar-refractivity contribution is 9.10. The molecule has 2 aromatic heterocycles. The molecule has 6 nitrogen and oxygen atoms in total. The van der Waals surface area contributed by atoms with Gasteiger partial charge in [0.25, 0.3) is 11.5 Å². The Labute approximate surface area is 210 Å². The Morgan fingerprint density at radius 2 is 1.74 bits per heavy atom. The van der Waals surface area contributed by atoms with Crippen molar-refractivity contribution in [1.29, 1.82) is 0 Å². The number of halogens is 2. The van der Waals surface area contributed by atoms with Crippen molar-refractivity contribution in [3.05, 3.63) is 108 Å². The van der Waals surface area contributed by atoms with Crippen molar-refractivity contribution in [3.8, 4) is 11.4 Å². The van der Waals surface area contributed by atoms with Crippen molar-refractivity contribution in [1.82, 2.24) is 14.6 Å². The van der Waals surface area contributed by atoms with Gasteiger partial charge in [-0.1, -0.05) is 69.2 Å². The van der Waals surface area contributed by atoms with E-state index in [9.17, 15) is 9.59 Å². The van der Waals surface area contributed by atoms with Crippen LogP contribution in [-0.4, -0.2) is 20.5 Å². The second-order valence-electron chi connectivity index (χ2n) is 7.79. The van der Waals surface area contributed by atoms with Gasteiger partial charge in [0.2, 0.25) is 4.96 Å². The number of carbonyl (C=O) groups excluding carboxylic acids is 1. The number of thiazole rings is 1. The zero-order valence-corrected chi connectivity index (χ0v) is 20.6. The van der Waals surface area contributed by atoms with E-state index in [-0.39, 0.29) is 11.5 Å². The smallest absolute Gasteiger partial charge is 0.291 e. The molecule has 0 N–H and O–H groups in total. The van der Waals surface area contributed by atoms with Crippen molar-refractivity contribution in [2.24, 2.45) is 0 Å². The normalized spacial score (nSPS) is 14.8. The summed E-state index contributed by atoms with van der Waals surface area (Å²) < 4.78 is 2.43. The van der Waals surface area contributed by atoms with Crippen LogP contribution in [0.15, 0.2) is 82.1 Å². The molecule has 0 unspecified atom stereocenters. The van der Waals surface area contributed by atoms with E-state index in [1.165, 1.54) is 15.9 Å². The van der Waals surface area contributed by atoms with Crippen molar-refractivity contribution < 1.29 is 4.79 Å². The van der Waals surface area contributed by atoms with Gasteiger partial charge in [0.05, 0.1) is 17.8 Å². The average Bonchev–Trinajstić information content (AvgIpc) is 3.46. The molecule has 0 spiro atoms. The first-order chi connectivity index (χ1) is 16.5. The summed E-state index contributed by atoms with van der Waals surface area (Å²) in [5.74, 6) is 0.222. The first kappa shape index (κ1) is 21.2. The number of hydrogen-bond acceptors (Lipinski definition) is 5. The third kappa shape index (κ3) is 3.46. The van der Waals surface area contributed by atoms with Crippen molar-refractivity contribution in [2.75, 3.05) is 4.90 Å². The summed E-state index contributed by atoms with van der Waals surface area (Å²) in [6.07, 6.45) is 0. The summed E-state index contributed by atoms with van der Waals surface area (Å²) in [6, 6.07) is 22.5. The van der Waals surface area contributed by atoms with Crippen LogP contribution in [0.2, 0.25) is 5.02 Å². The number of nitrogens with zero attached hydrogens (tertiary/aromatic N) is 4. The van der Waals surface area contributed by atoms with Gasteiger partial charge in [-0.3, -0.25) is 9.59 Å². The van der Waals surface area contributed by atoms with E-state index in [1.54, 1.807) is 29.2 Å². The predicted molar refractivity (Wildman–Crippen MR) is 137 cm³/mol. The zero-order chi connectivity index (χ0) is 23.4. The topological polar surface area (TPSA) is 67.6 Å². The first-order valence-corrected chi connectivity index (χ1v) is 12.3. The van der Waals surface area contributed by atoms with E-state index >= 15 is 0 Å². The lowest BCUT2D eigenvalue weighted by molar-refractivity contribution is -0.113. The molecule has 0 radical (unpaired) electrons. The lowest BCUT2D eigenvalue weighted by Gasteiger charge is -2.17. The van der Waals surface area contributed by atoms with E-state index in [1.807, 2.05) is 48.5 Å². The van der Waals surface area contributed by atoms with Gasteiger partial charge >= 0.3 is 0 Å². The van der Waals surface area contributed by atoms with Crippen LogP contribution in [0.4, 0.5) is 5.69 Å². The van der Waals surface area contributed by atoms with Crippen LogP contribution in [0, 0.1) is 0 Å². The zero-order valence-electron chi connectivity index (χ0n) is 17.4. The summed E-state index contributed by atoms with van der Waals surface area (Å²) in [5.41, 5.74) is 3.27. The number of amides is 1. The third-order valence-electron chi connectivity index (χ3n) is 5.65. The number of rotatable bonds is 3. The predicted octanol–water partition coefficient (Wildman–Crippen LogP) is 4.70. The monoisotopic (exact) mass is 548 g/mol. The fourth-order valence-corrected chi connectivity index (χ4v) is 5.54. The molecule has 0 saturated heterocycles. The van der Waals surface area contributed by atoms with Gasteiger partial charge in [0, 0.05) is 20.6 Å². The van der Waals surface area contributed by atoms with Crippen LogP contribution in [-0.2, 0) is 11.3 Å². The van der Waals surface area contributed by atoms with Gasteiger partial charge in [-0.25, -0.2) is 0 Å². The molecule has 0 aliphatic carbocycles. The maximum absolute atomic E-state index is 13.6. The molecule has 5 aromatic rings. The Hall–Kier alpha value is -3.33.